The summed E-state index contributed by atoms with van der Waals surface area (Å²) < 4.78 is 1.92. The molecule has 0 bridgehead atoms. The van der Waals surface area contributed by atoms with E-state index in [2.05, 4.69) is 37.8 Å². The number of carbonyl (C=O) groups is 1. The molecule has 1 aliphatic heterocycles. The predicted molar refractivity (Wildman–Crippen MR) is 138 cm³/mol. The SMILES string of the molecule is CCCCCC(=O)N1CCCN(c2nc(C(C)CCC)nc3c2cnn3-c2ccccc2)CC1. The molecule has 3 aromatic rings. The molecule has 0 radical (unpaired) electrons. The number of para-hydroxylation sites is 1. The Labute approximate surface area is 203 Å². The molecule has 0 spiro atoms. The maximum Gasteiger partial charge on any atom is 0.222 e. The van der Waals surface area contributed by atoms with Gasteiger partial charge in [0.1, 0.15) is 11.6 Å². The van der Waals surface area contributed by atoms with E-state index in [1.165, 1.54) is 0 Å². The lowest BCUT2D eigenvalue weighted by Crippen LogP contribution is -2.35. The van der Waals surface area contributed by atoms with Crippen molar-refractivity contribution in [2.75, 3.05) is 31.1 Å². The first-order valence-corrected chi connectivity index (χ1v) is 13.0. The fourth-order valence-electron chi connectivity index (χ4n) is 4.75. The van der Waals surface area contributed by atoms with E-state index in [1.54, 1.807) is 0 Å². The number of benzene rings is 1. The minimum absolute atomic E-state index is 0.274. The Morgan fingerprint density at radius 1 is 1.00 bits per heavy atom. The highest BCUT2D eigenvalue weighted by atomic mass is 16.2. The van der Waals surface area contributed by atoms with Crippen LogP contribution in [-0.4, -0.2) is 56.7 Å². The van der Waals surface area contributed by atoms with E-state index < -0.39 is 0 Å². The topological polar surface area (TPSA) is 67.2 Å². The van der Waals surface area contributed by atoms with Gasteiger partial charge in [-0.25, -0.2) is 14.6 Å². The Balaban J connectivity index is 1.64. The molecule has 2 aromatic heterocycles. The van der Waals surface area contributed by atoms with Gasteiger partial charge in [-0.05, 0) is 31.4 Å². The van der Waals surface area contributed by atoms with Gasteiger partial charge in [-0.2, -0.15) is 5.10 Å². The van der Waals surface area contributed by atoms with Gasteiger partial charge in [0, 0.05) is 38.5 Å². The maximum absolute atomic E-state index is 12.7. The lowest BCUT2D eigenvalue weighted by molar-refractivity contribution is -0.131. The summed E-state index contributed by atoms with van der Waals surface area (Å²) in [7, 11) is 0. The average Bonchev–Trinajstić information content (AvgIpc) is 3.13. The van der Waals surface area contributed by atoms with Crippen molar-refractivity contribution in [1.29, 1.82) is 0 Å². The van der Waals surface area contributed by atoms with E-state index in [-0.39, 0.29) is 11.8 Å². The first-order valence-electron chi connectivity index (χ1n) is 13.0. The molecule has 1 aliphatic rings. The summed E-state index contributed by atoms with van der Waals surface area (Å²) in [6.45, 7) is 9.79. The molecule has 0 aliphatic carbocycles. The zero-order valence-electron chi connectivity index (χ0n) is 20.9. The van der Waals surface area contributed by atoms with Crippen LogP contribution in [0.3, 0.4) is 0 Å². The molecule has 0 saturated carbocycles. The summed E-state index contributed by atoms with van der Waals surface area (Å²) in [6, 6.07) is 10.2. The summed E-state index contributed by atoms with van der Waals surface area (Å²) in [5.74, 6) is 2.39. The van der Waals surface area contributed by atoms with Gasteiger partial charge < -0.3 is 9.80 Å². The van der Waals surface area contributed by atoms with Crippen molar-refractivity contribution >= 4 is 22.8 Å². The van der Waals surface area contributed by atoms with Crippen LogP contribution in [0, 0.1) is 0 Å². The molecule has 1 atom stereocenters. The molecule has 1 aromatic carbocycles. The Morgan fingerprint density at radius 3 is 2.59 bits per heavy atom. The third kappa shape index (κ3) is 5.40. The average molecular weight is 463 g/mol. The van der Waals surface area contributed by atoms with Crippen LogP contribution in [0.2, 0.25) is 0 Å². The number of rotatable bonds is 9. The highest BCUT2D eigenvalue weighted by molar-refractivity contribution is 5.88. The van der Waals surface area contributed by atoms with Gasteiger partial charge in [0.15, 0.2) is 5.65 Å². The van der Waals surface area contributed by atoms with E-state index >= 15 is 0 Å². The number of aromatic nitrogens is 4. The van der Waals surface area contributed by atoms with E-state index in [0.29, 0.717) is 6.42 Å². The Hall–Kier alpha value is -2.96. The summed E-state index contributed by atoms with van der Waals surface area (Å²) in [5, 5.41) is 5.67. The second-order valence-corrected chi connectivity index (χ2v) is 9.40. The van der Waals surface area contributed by atoms with Crippen LogP contribution in [0.4, 0.5) is 5.82 Å². The minimum Gasteiger partial charge on any atom is -0.354 e. The van der Waals surface area contributed by atoms with E-state index in [1.807, 2.05) is 34.0 Å². The molecular formula is C27H38N6O. The molecule has 1 saturated heterocycles. The summed E-state index contributed by atoms with van der Waals surface area (Å²) in [4.78, 5) is 27.2. The van der Waals surface area contributed by atoms with Crippen molar-refractivity contribution in [3.8, 4) is 5.69 Å². The summed E-state index contributed by atoms with van der Waals surface area (Å²) in [6.07, 6.45) is 8.88. The maximum atomic E-state index is 12.7. The molecular weight excluding hydrogens is 424 g/mol. The summed E-state index contributed by atoms with van der Waals surface area (Å²) in [5.41, 5.74) is 1.85. The van der Waals surface area contributed by atoms with Gasteiger partial charge >= 0.3 is 0 Å². The number of carbonyl (C=O) groups excluding carboxylic acids is 1. The van der Waals surface area contributed by atoms with E-state index in [9.17, 15) is 4.79 Å². The standard InChI is InChI=1S/C27H38N6O/c1-4-6-8-15-24(34)31-16-11-17-32(19-18-31)26-23-20-28-33(22-13-9-7-10-14-22)27(23)30-25(29-26)21(3)12-5-2/h7,9-10,13-14,20-21H,4-6,8,11-12,15-19H2,1-3H3. The highest BCUT2D eigenvalue weighted by Gasteiger charge is 2.24. The predicted octanol–water partition coefficient (Wildman–Crippen LogP) is 5.34. The molecule has 1 unspecified atom stereocenters. The number of unbranched alkanes of at least 4 members (excludes halogenated alkanes) is 2. The second kappa shape index (κ2) is 11.4. The number of nitrogens with zero attached hydrogens (tertiary/aromatic N) is 6. The van der Waals surface area contributed by atoms with Gasteiger partial charge in [0.05, 0.1) is 17.3 Å². The molecule has 1 amide bonds. The number of hydrogen-bond acceptors (Lipinski definition) is 5. The van der Waals surface area contributed by atoms with Crippen LogP contribution < -0.4 is 4.90 Å². The number of anilines is 1. The minimum atomic E-state index is 0.274. The number of fused-ring (bicyclic) bond motifs is 1. The lowest BCUT2D eigenvalue weighted by Gasteiger charge is -2.24. The monoisotopic (exact) mass is 462 g/mol. The van der Waals surface area contributed by atoms with E-state index in [0.717, 1.165) is 93.1 Å². The first kappa shape index (κ1) is 24.2. The van der Waals surface area contributed by atoms with Gasteiger partial charge in [-0.3, -0.25) is 4.79 Å². The normalized spacial score (nSPS) is 15.5. The van der Waals surface area contributed by atoms with Crippen LogP contribution in [-0.2, 0) is 4.79 Å². The van der Waals surface area contributed by atoms with Crippen molar-refractivity contribution in [3.63, 3.8) is 0 Å². The molecule has 4 rings (SSSR count). The third-order valence-electron chi connectivity index (χ3n) is 6.73. The number of amides is 1. The Kier molecular flexibility index (Phi) is 8.14. The fourth-order valence-corrected chi connectivity index (χ4v) is 4.75. The van der Waals surface area contributed by atoms with Gasteiger partial charge in [-0.15, -0.1) is 0 Å². The largest absolute Gasteiger partial charge is 0.354 e. The van der Waals surface area contributed by atoms with Crippen molar-refractivity contribution < 1.29 is 4.79 Å². The first-order chi connectivity index (χ1) is 16.6. The highest BCUT2D eigenvalue weighted by Crippen LogP contribution is 2.29. The van der Waals surface area contributed by atoms with Gasteiger partial charge in [0.25, 0.3) is 0 Å². The molecule has 3 heterocycles. The van der Waals surface area contributed by atoms with Crippen molar-refractivity contribution in [2.24, 2.45) is 0 Å². The lowest BCUT2D eigenvalue weighted by atomic mass is 10.1. The molecule has 1 fully saturated rings. The van der Waals surface area contributed by atoms with Crippen LogP contribution >= 0.6 is 0 Å². The van der Waals surface area contributed by atoms with Crippen LogP contribution in [0.25, 0.3) is 16.7 Å². The quantitative estimate of drug-likeness (QED) is 0.402. The fraction of sp³-hybridized carbons (Fsp3) is 0.556. The second-order valence-electron chi connectivity index (χ2n) is 9.40. The summed E-state index contributed by atoms with van der Waals surface area (Å²) >= 11 is 0. The van der Waals surface area contributed by atoms with Gasteiger partial charge in [0.2, 0.25) is 5.91 Å². The Morgan fingerprint density at radius 2 is 1.82 bits per heavy atom. The van der Waals surface area contributed by atoms with Crippen LogP contribution in [0.1, 0.15) is 77.5 Å². The van der Waals surface area contributed by atoms with E-state index in [4.69, 9.17) is 15.1 Å². The van der Waals surface area contributed by atoms with Gasteiger partial charge in [-0.1, -0.05) is 58.2 Å². The molecule has 0 N–H and O–H groups in total. The zero-order valence-corrected chi connectivity index (χ0v) is 20.9. The van der Waals surface area contributed by atoms with Crippen molar-refractivity contribution in [3.05, 3.63) is 42.4 Å². The zero-order chi connectivity index (χ0) is 23.9. The Bertz CT molecular complexity index is 1080. The molecule has 7 heteroatoms. The van der Waals surface area contributed by atoms with Crippen LogP contribution in [0.5, 0.6) is 0 Å². The molecule has 182 valence electrons. The third-order valence-corrected chi connectivity index (χ3v) is 6.73. The smallest absolute Gasteiger partial charge is 0.222 e. The van der Waals surface area contributed by atoms with Crippen LogP contribution in [0.15, 0.2) is 36.5 Å². The van der Waals surface area contributed by atoms with Crippen molar-refractivity contribution in [1.82, 2.24) is 24.6 Å². The molecule has 34 heavy (non-hydrogen) atoms. The molecule has 7 nitrogen and oxygen atoms in total. The number of hydrogen-bond donors (Lipinski definition) is 0. The van der Waals surface area contributed by atoms with Crippen molar-refractivity contribution in [2.45, 2.75) is 71.6 Å².